The Morgan fingerprint density at radius 1 is 0.378 bits per heavy atom. The monoisotopic (exact) mass is 577 g/mol. The third-order valence-corrected chi connectivity index (χ3v) is 8.77. The minimum Gasteiger partial charge on any atom is -0.456 e. The molecule has 0 fully saturated rings. The highest BCUT2D eigenvalue weighted by Crippen LogP contribution is 2.45. The maximum absolute atomic E-state index is 8.71. The molecule has 0 spiro atoms. The average molecular weight is 578 g/mol. The second kappa shape index (κ2) is 10.4. The summed E-state index contributed by atoms with van der Waals surface area (Å²) in [5, 5.41) is 6.05. The molecule has 0 radical (unpaired) electrons. The quantitative estimate of drug-likeness (QED) is 0.190. The fraction of sp³-hybridized carbons (Fsp3) is 0. The van der Waals surface area contributed by atoms with Gasteiger partial charge in [0.15, 0.2) is 0 Å². The molecule has 9 aromatic rings. The molecule has 1 heteroatoms. The van der Waals surface area contributed by atoms with Gasteiger partial charge in [0.1, 0.15) is 11.2 Å². The Balaban J connectivity index is 1.30. The molecule has 0 amide bonds. The molecule has 1 heterocycles. The van der Waals surface area contributed by atoms with E-state index in [-0.39, 0.29) is 29.7 Å². The number of furan rings is 1. The van der Waals surface area contributed by atoms with Crippen LogP contribution in [0.2, 0.25) is 0 Å². The first-order chi connectivity index (χ1) is 24.4. The van der Waals surface area contributed by atoms with Gasteiger partial charge in [-0.2, -0.15) is 0 Å². The van der Waals surface area contributed by atoms with Crippen molar-refractivity contribution in [1.29, 1.82) is 0 Å². The Morgan fingerprint density at radius 2 is 0.933 bits per heavy atom. The SMILES string of the molecule is [2H]c1c([2H])c([2H])c(-c2cccc3oc4ccc(-c5c6ccccc6c(-c6ccc(-c7ccccc7)cc6)c6ccccc56)cc4c23)c([2H])c1[2H]. The first-order valence-electron chi connectivity index (χ1n) is 17.5. The van der Waals surface area contributed by atoms with Crippen molar-refractivity contribution in [2.24, 2.45) is 0 Å². The Labute approximate surface area is 268 Å². The molecule has 1 aromatic heterocycles. The van der Waals surface area contributed by atoms with E-state index >= 15 is 0 Å². The molecule has 8 aromatic carbocycles. The van der Waals surface area contributed by atoms with Crippen molar-refractivity contribution in [3.05, 3.63) is 170 Å². The zero-order valence-corrected chi connectivity index (χ0v) is 24.2. The highest BCUT2D eigenvalue weighted by atomic mass is 16.3. The molecule has 0 unspecified atom stereocenters. The van der Waals surface area contributed by atoms with Crippen LogP contribution in [0.15, 0.2) is 174 Å². The lowest BCUT2D eigenvalue weighted by Crippen LogP contribution is -1.91. The lowest BCUT2D eigenvalue weighted by molar-refractivity contribution is 0.669. The number of hydrogen-bond donors (Lipinski definition) is 0. The molecule has 210 valence electrons. The predicted octanol–water partition coefficient (Wildman–Crippen LogP) is 12.6. The smallest absolute Gasteiger partial charge is 0.136 e. The predicted molar refractivity (Wildman–Crippen MR) is 190 cm³/mol. The number of hydrogen-bond acceptors (Lipinski definition) is 1. The summed E-state index contributed by atoms with van der Waals surface area (Å²) < 4.78 is 48.5. The summed E-state index contributed by atoms with van der Waals surface area (Å²) in [5.41, 5.74) is 8.71. The van der Waals surface area contributed by atoms with Gasteiger partial charge in [-0.3, -0.25) is 0 Å². The van der Waals surface area contributed by atoms with Crippen molar-refractivity contribution in [2.75, 3.05) is 0 Å². The van der Waals surface area contributed by atoms with Crippen molar-refractivity contribution >= 4 is 43.5 Å². The van der Waals surface area contributed by atoms with Crippen molar-refractivity contribution in [1.82, 2.24) is 0 Å². The molecule has 0 saturated heterocycles. The summed E-state index contributed by atoms with van der Waals surface area (Å²) in [6, 6.07) is 46.3. The topological polar surface area (TPSA) is 13.1 Å². The van der Waals surface area contributed by atoms with Crippen molar-refractivity contribution in [3.63, 3.8) is 0 Å². The molecule has 0 bridgehead atoms. The standard InChI is InChI=1S/C44H28O/c1-3-12-29(13-4-1)30-22-24-32(25-23-30)42-35-16-7-9-18-37(35)43(38-19-10-8-17-36(38)42)33-26-27-40-39(28-33)44-34(20-11-21-41(44)45-40)31-14-5-2-6-15-31/h1-28H/i2D,5D,6D,14D,15D. The fourth-order valence-electron chi connectivity index (χ4n) is 6.79. The summed E-state index contributed by atoms with van der Waals surface area (Å²) in [7, 11) is 0. The van der Waals surface area contributed by atoms with Crippen LogP contribution in [-0.2, 0) is 0 Å². The fourth-order valence-corrected chi connectivity index (χ4v) is 6.79. The molecule has 0 aliphatic rings. The van der Waals surface area contributed by atoms with Gasteiger partial charge in [-0.15, -0.1) is 0 Å². The minimum atomic E-state index is -0.412. The zero-order valence-electron chi connectivity index (χ0n) is 29.2. The lowest BCUT2D eigenvalue weighted by Gasteiger charge is -2.18. The van der Waals surface area contributed by atoms with E-state index in [1.807, 2.05) is 18.2 Å². The largest absolute Gasteiger partial charge is 0.456 e. The van der Waals surface area contributed by atoms with E-state index < -0.39 is 6.04 Å². The molecule has 1 nitrogen and oxygen atoms in total. The van der Waals surface area contributed by atoms with E-state index in [1.54, 1.807) is 12.1 Å². The second-order valence-corrected chi connectivity index (χ2v) is 11.3. The third-order valence-electron chi connectivity index (χ3n) is 8.77. The molecule has 0 atom stereocenters. The highest BCUT2D eigenvalue weighted by molar-refractivity contribution is 6.22. The van der Waals surface area contributed by atoms with Crippen LogP contribution in [-0.4, -0.2) is 0 Å². The first kappa shape index (κ1) is 20.9. The van der Waals surface area contributed by atoms with Crippen molar-refractivity contribution in [2.45, 2.75) is 0 Å². The van der Waals surface area contributed by atoms with Crippen LogP contribution in [0.25, 0.3) is 88.0 Å². The Hall–Kier alpha value is -5.92. The Morgan fingerprint density at radius 3 is 1.60 bits per heavy atom. The number of benzene rings is 8. The van der Waals surface area contributed by atoms with Crippen molar-refractivity contribution in [3.8, 4) is 44.5 Å². The van der Waals surface area contributed by atoms with Gasteiger partial charge in [-0.05, 0) is 84.3 Å². The van der Waals surface area contributed by atoms with Crippen LogP contribution >= 0.6 is 0 Å². The van der Waals surface area contributed by atoms with Crippen molar-refractivity contribution < 1.29 is 11.3 Å². The van der Waals surface area contributed by atoms with E-state index in [2.05, 4.69) is 109 Å². The van der Waals surface area contributed by atoms with Gasteiger partial charge in [0.25, 0.3) is 0 Å². The summed E-state index contributed by atoms with van der Waals surface area (Å²) in [5.74, 6) is 0. The van der Waals surface area contributed by atoms with Crippen LogP contribution in [0.4, 0.5) is 0 Å². The van der Waals surface area contributed by atoms with Gasteiger partial charge in [0, 0.05) is 10.8 Å². The van der Waals surface area contributed by atoms with Gasteiger partial charge in [0.2, 0.25) is 0 Å². The molecule has 45 heavy (non-hydrogen) atoms. The lowest BCUT2D eigenvalue weighted by atomic mass is 9.85. The third kappa shape index (κ3) is 4.17. The molecular formula is C44H28O. The highest BCUT2D eigenvalue weighted by Gasteiger charge is 2.19. The van der Waals surface area contributed by atoms with Gasteiger partial charge in [-0.25, -0.2) is 0 Å². The average Bonchev–Trinajstić information content (AvgIpc) is 3.54. The van der Waals surface area contributed by atoms with E-state index in [0.29, 0.717) is 22.1 Å². The summed E-state index contributed by atoms with van der Waals surface area (Å²) in [6.45, 7) is 0. The number of fused-ring (bicyclic) bond motifs is 5. The number of rotatable bonds is 4. The minimum absolute atomic E-state index is 0.160. The second-order valence-electron chi connectivity index (χ2n) is 11.3. The molecule has 0 saturated carbocycles. The normalized spacial score (nSPS) is 13.1. The van der Waals surface area contributed by atoms with Gasteiger partial charge in [0.05, 0.1) is 6.85 Å². The molecule has 9 rings (SSSR count). The molecule has 0 N–H and O–H groups in total. The van der Waals surface area contributed by atoms with Crippen LogP contribution in [0.3, 0.4) is 0 Å². The Bertz CT molecular complexity index is 2720. The van der Waals surface area contributed by atoms with Gasteiger partial charge < -0.3 is 4.42 Å². The van der Waals surface area contributed by atoms with Gasteiger partial charge in [-0.1, -0.05) is 152 Å². The van der Waals surface area contributed by atoms with E-state index in [1.165, 1.54) is 16.7 Å². The van der Waals surface area contributed by atoms with E-state index in [9.17, 15) is 0 Å². The van der Waals surface area contributed by atoms with Crippen LogP contribution in [0.1, 0.15) is 6.85 Å². The van der Waals surface area contributed by atoms with Gasteiger partial charge >= 0.3 is 0 Å². The summed E-state index contributed by atoms with van der Waals surface area (Å²) in [6.07, 6.45) is 0. The maximum Gasteiger partial charge on any atom is 0.136 e. The molecule has 0 aliphatic heterocycles. The van der Waals surface area contributed by atoms with Crippen LogP contribution in [0, 0.1) is 0 Å². The summed E-state index contributed by atoms with van der Waals surface area (Å²) in [4.78, 5) is 0. The van der Waals surface area contributed by atoms with Crippen LogP contribution in [0.5, 0.6) is 0 Å². The van der Waals surface area contributed by atoms with E-state index in [0.717, 1.165) is 43.6 Å². The summed E-state index contributed by atoms with van der Waals surface area (Å²) >= 11 is 0. The maximum atomic E-state index is 8.71. The Kier molecular flexibility index (Phi) is 4.81. The first-order valence-corrected chi connectivity index (χ1v) is 15.0. The van der Waals surface area contributed by atoms with E-state index in [4.69, 9.17) is 11.3 Å². The molecule has 0 aliphatic carbocycles. The zero-order chi connectivity index (χ0) is 34.1. The van der Waals surface area contributed by atoms with Crippen LogP contribution < -0.4 is 0 Å². The molecular weight excluding hydrogens is 544 g/mol.